The van der Waals surface area contributed by atoms with Gasteiger partial charge < -0.3 is 5.32 Å². The van der Waals surface area contributed by atoms with Crippen molar-refractivity contribution < 1.29 is 13.2 Å². The summed E-state index contributed by atoms with van der Waals surface area (Å²) in [6.07, 6.45) is 5.65. The second kappa shape index (κ2) is 9.51. The Morgan fingerprint density at radius 2 is 1.65 bits per heavy atom. The number of amides is 1. The maximum absolute atomic E-state index is 12.4. The van der Waals surface area contributed by atoms with Gasteiger partial charge in [0.15, 0.2) is 0 Å². The Labute approximate surface area is 185 Å². The Morgan fingerprint density at radius 3 is 2.29 bits per heavy atom. The quantitative estimate of drug-likeness (QED) is 0.658. The molecule has 2 aliphatic rings. The lowest BCUT2D eigenvalue weighted by Gasteiger charge is -2.33. The highest BCUT2D eigenvalue weighted by Crippen LogP contribution is 2.22. The maximum Gasteiger partial charge on any atom is 0.251 e. The van der Waals surface area contributed by atoms with Crippen molar-refractivity contribution in [1.29, 1.82) is 0 Å². The largest absolute Gasteiger partial charge is 0.348 e. The van der Waals surface area contributed by atoms with Gasteiger partial charge in [-0.25, -0.2) is 13.1 Å². The molecule has 2 fully saturated rings. The maximum atomic E-state index is 12.4. The highest BCUT2D eigenvalue weighted by Gasteiger charge is 2.28. The zero-order valence-corrected chi connectivity index (χ0v) is 18.8. The third kappa shape index (κ3) is 5.93. The van der Waals surface area contributed by atoms with Crippen molar-refractivity contribution in [3.8, 4) is 0 Å². The second-order valence-corrected chi connectivity index (χ2v) is 10.4. The summed E-state index contributed by atoms with van der Waals surface area (Å²) in [6, 6.07) is 15.2. The molecule has 166 valence electrons. The Balaban J connectivity index is 1.29. The van der Waals surface area contributed by atoms with E-state index in [2.05, 4.69) is 46.1 Å². The molecule has 0 aromatic heterocycles. The molecule has 0 bridgehead atoms. The Hall–Kier alpha value is -2.22. The molecule has 1 saturated heterocycles. The molecule has 1 saturated carbocycles. The minimum atomic E-state index is -3.50. The monoisotopic (exact) mass is 441 g/mol. The van der Waals surface area contributed by atoms with Crippen LogP contribution >= 0.6 is 0 Å². The van der Waals surface area contributed by atoms with Gasteiger partial charge in [0, 0.05) is 30.7 Å². The number of likely N-dealkylation sites (tertiary alicyclic amines) is 1. The molecule has 0 unspecified atom stereocenters. The lowest BCUT2D eigenvalue weighted by Crippen LogP contribution is -2.36. The van der Waals surface area contributed by atoms with E-state index >= 15 is 0 Å². The number of carbonyl (C=O) groups excluding carboxylic acids is 1. The molecule has 2 aromatic carbocycles. The normalized spacial score (nSPS) is 19.8. The SMILES string of the molecule is C[C@@H]1CCCCN1Cc1ccc(CNC(=O)c2ccc(S(=O)(=O)NC3CC3)cc2)cc1. The molecule has 1 heterocycles. The zero-order valence-electron chi connectivity index (χ0n) is 18.0. The van der Waals surface area contributed by atoms with E-state index < -0.39 is 10.0 Å². The van der Waals surface area contributed by atoms with Crippen molar-refractivity contribution >= 4 is 15.9 Å². The van der Waals surface area contributed by atoms with Gasteiger partial charge in [0.2, 0.25) is 10.0 Å². The Morgan fingerprint density at radius 1 is 0.968 bits per heavy atom. The summed E-state index contributed by atoms with van der Waals surface area (Å²) >= 11 is 0. The van der Waals surface area contributed by atoms with Crippen LogP contribution in [0.5, 0.6) is 0 Å². The molecule has 0 spiro atoms. The van der Waals surface area contributed by atoms with E-state index in [1.54, 1.807) is 12.1 Å². The van der Waals surface area contributed by atoms with Crippen LogP contribution in [0.25, 0.3) is 0 Å². The molecule has 4 rings (SSSR count). The molecule has 7 heteroatoms. The van der Waals surface area contributed by atoms with Gasteiger partial charge >= 0.3 is 0 Å². The van der Waals surface area contributed by atoms with Crippen LogP contribution in [0, 0.1) is 0 Å². The van der Waals surface area contributed by atoms with Crippen LogP contribution in [-0.4, -0.2) is 37.9 Å². The highest BCUT2D eigenvalue weighted by atomic mass is 32.2. The van der Waals surface area contributed by atoms with Crippen molar-refractivity contribution in [2.75, 3.05) is 6.54 Å². The van der Waals surface area contributed by atoms with E-state index in [-0.39, 0.29) is 16.8 Å². The first-order chi connectivity index (χ1) is 14.9. The fourth-order valence-corrected chi connectivity index (χ4v) is 5.25. The first-order valence-electron chi connectivity index (χ1n) is 11.1. The van der Waals surface area contributed by atoms with Crippen LogP contribution in [-0.2, 0) is 23.1 Å². The number of sulfonamides is 1. The van der Waals surface area contributed by atoms with Gasteiger partial charge in [0.25, 0.3) is 5.91 Å². The van der Waals surface area contributed by atoms with Crippen LogP contribution in [0.15, 0.2) is 53.4 Å². The van der Waals surface area contributed by atoms with Crippen molar-refractivity contribution in [2.45, 2.75) is 69.1 Å². The number of hydrogen-bond acceptors (Lipinski definition) is 4. The Bertz CT molecular complexity index is 999. The van der Waals surface area contributed by atoms with E-state index in [0.29, 0.717) is 18.2 Å². The lowest BCUT2D eigenvalue weighted by molar-refractivity contribution is 0.0951. The average molecular weight is 442 g/mol. The topological polar surface area (TPSA) is 78.5 Å². The summed E-state index contributed by atoms with van der Waals surface area (Å²) in [5.74, 6) is -0.217. The van der Waals surface area contributed by atoms with E-state index in [1.165, 1.54) is 37.0 Å². The minimum Gasteiger partial charge on any atom is -0.348 e. The molecular weight excluding hydrogens is 410 g/mol. The van der Waals surface area contributed by atoms with Crippen LogP contribution < -0.4 is 10.0 Å². The predicted octanol–water partition coefficient (Wildman–Crippen LogP) is 3.43. The van der Waals surface area contributed by atoms with Gasteiger partial charge in [-0.15, -0.1) is 0 Å². The van der Waals surface area contributed by atoms with Crippen LogP contribution in [0.1, 0.15) is 60.5 Å². The number of piperidine rings is 1. The fourth-order valence-electron chi connectivity index (χ4n) is 3.95. The first kappa shape index (κ1) is 22.0. The molecular formula is C24H31N3O3S. The number of benzene rings is 2. The predicted molar refractivity (Wildman–Crippen MR) is 121 cm³/mol. The van der Waals surface area contributed by atoms with E-state index in [9.17, 15) is 13.2 Å². The molecule has 2 aromatic rings. The summed E-state index contributed by atoms with van der Waals surface area (Å²) in [4.78, 5) is 15.2. The van der Waals surface area contributed by atoms with Gasteiger partial charge in [0.05, 0.1) is 4.90 Å². The van der Waals surface area contributed by atoms with Gasteiger partial charge in [0.1, 0.15) is 0 Å². The summed E-state index contributed by atoms with van der Waals surface area (Å²) in [5.41, 5.74) is 2.78. The summed E-state index contributed by atoms with van der Waals surface area (Å²) < 4.78 is 27.1. The highest BCUT2D eigenvalue weighted by molar-refractivity contribution is 7.89. The molecule has 0 radical (unpaired) electrons. The van der Waals surface area contributed by atoms with Gasteiger partial charge in [-0.1, -0.05) is 30.7 Å². The molecule has 31 heavy (non-hydrogen) atoms. The van der Waals surface area contributed by atoms with Crippen molar-refractivity contribution in [1.82, 2.24) is 14.9 Å². The van der Waals surface area contributed by atoms with Crippen LogP contribution in [0.4, 0.5) is 0 Å². The molecule has 1 amide bonds. The number of carbonyl (C=O) groups is 1. The number of hydrogen-bond donors (Lipinski definition) is 2. The molecule has 1 aliphatic carbocycles. The van der Waals surface area contributed by atoms with E-state index in [4.69, 9.17) is 0 Å². The summed E-state index contributed by atoms with van der Waals surface area (Å²) in [6.45, 7) is 4.87. The Kier molecular flexibility index (Phi) is 6.74. The van der Waals surface area contributed by atoms with Crippen LogP contribution in [0.2, 0.25) is 0 Å². The molecule has 2 N–H and O–H groups in total. The zero-order chi connectivity index (χ0) is 21.8. The van der Waals surface area contributed by atoms with Gasteiger partial charge in [-0.2, -0.15) is 0 Å². The van der Waals surface area contributed by atoms with E-state index in [1.807, 2.05) is 0 Å². The van der Waals surface area contributed by atoms with Crippen molar-refractivity contribution in [2.24, 2.45) is 0 Å². The lowest BCUT2D eigenvalue weighted by atomic mass is 10.0. The summed E-state index contributed by atoms with van der Waals surface area (Å²) in [5, 5.41) is 2.91. The smallest absolute Gasteiger partial charge is 0.251 e. The van der Waals surface area contributed by atoms with E-state index in [0.717, 1.165) is 31.5 Å². The number of nitrogens with zero attached hydrogens (tertiary/aromatic N) is 1. The molecule has 6 nitrogen and oxygen atoms in total. The number of nitrogens with one attached hydrogen (secondary N) is 2. The number of rotatable bonds is 8. The van der Waals surface area contributed by atoms with Gasteiger partial charge in [-0.05, 0) is 74.5 Å². The van der Waals surface area contributed by atoms with Gasteiger partial charge in [-0.3, -0.25) is 9.69 Å². The first-order valence-corrected chi connectivity index (χ1v) is 12.6. The third-order valence-corrected chi connectivity index (χ3v) is 7.66. The fraction of sp³-hybridized carbons (Fsp3) is 0.458. The molecule has 1 atom stereocenters. The second-order valence-electron chi connectivity index (χ2n) is 8.73. The van der Waals surface area contributed by atoms with Crippen molar-refractivity contribution in [3.63, 3.8) is 0 Å². The minimum absolute atomic E-state index is 0.0580. The standard InChI is InChI=1S/C24H31N3O3S/c1-18-4-2-3-15-27(18)17-20-7-5-19(6-8-20)16-25-24(28)21-9-13-23(14-10-21)31(29,30)26-22-11-12-22/h5-10,13-14,18,22,26H,2-4,11-12,15-17H2,1H3,(H,25,28)/t18-/m1/s1. The summed E-state index contributed by atoms with van der Waals surface area (Å²) in [7, 11) is -3.50. The van der Waals surface area contributed by atoms with Crippen LogP contribution in [0.3, 0.4) is 0 Å². The third-order valence-electron chi connectivity index (χ3n) is 6.13. The average Bonchev–Trinajstić information content (AvgIpc) is 3.58. The van der Waals surface area contributed by atoms with Crippen molar-refractivity contribution in [3.05, 3.63) is 65.2 Å². The molecule has 1 aliphatic heterocycles.